The third kappa shape index (κ3) is 3.61. The van der Waals surface area contributed by atoms with Crippen molar-refractivity contribution in [3.8, 4) is 11.5 Å². The van der Waals surface area contributed by atoms with Gasteiger partial charge in [0.2, 0.25) is 0 Å². The standard InChI is InChI=1S/C13H21NO3/c1-9(14-13(2,3)8-15)11-6-5-10(17-4)7-12(11)16/h5-7,9,14-16H,8H2,1-4H3. The van der Waals surface area contributed by atoms with E-state index in [0.29, 0.717) is 5.75 Å². The van der Waals surface area contributed by atoms with Crippen LogP contribution in [0.15, 0.2) is 18.2 Å². The van der Waals surface area contributed by atoms with E-state index in [1.54, 1.807) is 19.2 Å². The molecule has 0 aliphatic heterocycles. The Morgan fingerprint density at radius 1 is 1.41 bits per heavy atom. The molecule has 3 N–H and O–H groups in total. The van der Waals surface area contributed by atoms with Gasteiger partial charge in [0, 0.05) is 23.2 Å². The van der Waals surface area contributed by atoms with Gasteiger partial charge >= 0.3 is 0 Å². The summed E-state index contributed by atoms with van der Waals surface area (Å²) in [4.78, 5) is 0. The minimum Gasteiger partial charge on any atom is -0.507 e. The highest BCUT2D eigenvalue weighted by atomic mass is 16.5. The number of rotatable bonds is 5. The Labute approximate surface area is 102 Å². The molecule has 0 heterocycles. The molecule has 17 heavy (non-hydrogen) atoms. The van der Waals surface area contributed by atoms with Crippen LogP contribution in [0.2, 0.25) is 0 Å². The van der Waals surface area contributed by atoms with E-state index < -0.39 is 0 Å². The molecule has 1 unspecified atom stereocenters. The minimum atomic E-state index is -0.383. The highest BCUT2D eigenvalue weighted by Crippen LogP contribution is 2.29. The van der Waals surface area contributed by atoms with Crippen LogP contribution in [0.25, 0.3) is 0 Å². The second-order valence-corrected chi connectivity index (χ2v) is 4.83. The molecule has 0 radical (unpaired) electrons. The molecule has 0 aliphatic rings. The van der Waals surface area contributed by atoms with Gasteiger partial charge in [0.15, 0.2) is 0 Å². The molecule has 0 aliphatic carbocycles. The van der Waals surface area contributed by atoms with Gasteiger partial charge in [-0.05, 0) is 26.8 Å². The molecule has 1 rings (SSSR count). The number of methoxy groups -OCH3 is 1. The topological polar surface area (TPSA) is 61.7 Å². The van der Waals surface area contributed by atoms with E-state index >= 15 is 0 Å². The molecule has 0 saturated carbocycles. The average molecular weight is 239 g/mol. The van der Waals surface area contributed by atoms with Crippen LogP contribution < -0.4 is 10.1 Å². The first-order valence-corrected chi connectivity index (χ1v) is 5.65. The maximum atomic E-state index is 9.88. The van der Waals surface area contributed by atoms with Crippen LogP contribution in [-0.2, 0) is 0 Å². The first-order valence-electron chi connectivity index (χ1n) is 5.65. The third-order valence-electron chi connectivity index (χ3n) is 2.71. The smallest absolute Gasteiger partial charge is 0.124 e. The zero-order chi connectivity index (χ0) is 13.1. The van der Waals surface area contributed by atoms with Crippen molar-refractivity contribution in [2.45, 2.75) is 32.4 Å². The zero-order valence-electron chi connectivity index (χ0n) is 10.8. The Bertz CT molecular complexity index is 377. The van der Waals surface area contributed by atoms with Crippen LogP contribution in [-0.4, -0.2) is 29.5 Å². The van der Waals surface area contributed by atoms with Crippen molar-refractivity contribution in [2.75, 3.05) is 13.7 Å². The predicted molar refractivity (Wildman–Crippen MR) is 67.4 cm³/mol. The summed E-state index contributed by atoms with van der Waals surface area (Å²) >= 11 is 0. The van der Waals surface area contributed by atoms with Gasteiger partial charge in [-0.1, -0.05) is 6.07 Å². The SMILES string of the molecule is COc1ccc(C(C)NC(C)(C)CO)c(O)c1. The number of aromatic hydroxyl groups is 1. The highest BCUT2D eigenvalue weighted by molar-refractivity contribution is 5.41. The first-order chi connectivity index (χ1) is 7.89. The third-order valence-corrected chi connectivity index (χ3v) is 2.71. The Morgan fingerprint density at radius 3 is 2.53 bits per heavy atom. The van der Waals surface area contributed by atoms with Gasteiger partial charge in [-0.2, -0.15) is 0 Å². The predicted octanol–water partition coefficient (Wildman–Crippen LogP) is 1.82. The Balaban J connectivity index is 2.86. The fraction of sp³-hybridized carbons (Fsp3) is 0.538. The Hall–Kier alpha value is -1.26. The molecule has 0 fully saturated rings. The molecule has 96 valence electrons. The molecule has 4 nitrogen and oxygen atoms in total. The number of phenolic OH excluding ortho intramolecular Hbond substituents is 1. The van der Waals surface area contributed by atoms with E-state index in [4.69, 9.17) is 4.74 Å². The maximum absolute atomic E-state index is 9.88. The monoisotopic (exact) mass is 239 g/mol. The molecular formula is C13H21NO3. The summed E-state index contributed by atoms with van der Waals surface area (Å²) in [5, 5.41) is 22.3. The molecular weight excluding hydrogens is 218 g/mol. The van der Waals surface area contributed by atoms with Gasteiger partial charge < -0.3 is 20.3 Å². The lowest BCUT2D eigenvalue weighted by Crippen LogP contribution is -2.43. The first kappa shape index (κ1) is 13.8. The van der Waals surface area contributed by atoms with Crippen LogP contribution >= 0.6 is 0 Å². The summed E-state index contributed by atoms with van der Waals surface area (Å²) in [5.41, 5.74) is 0.401. The van der Waals surface area contributed by atoms with E-state index in [1.165, 1.54) is 0 Å². The second kappa shape index (κ2) is 5.38. The molecule has 0 bridgehead atoms. The number of hydrogen-bond acceptors (Lipinski definition) is 4. The molecule has 0 aromatic heterocycles. The van der Waals surface area contributed by atoms with Crippen LogP contribution in [0.3, 0.4) is 0 Å². The molecule has 1 aromatic rings. The van der Waals surface area contributed by atoms with Gasteiger partial charge in [0.25, 0.3) is 0 Å². The lowest BCUT2D eigenvalue weighted by molar-refractivity contribution is 0.177. The Morgan fingerprint density at radius 2 is 2.06 bits per heavy atom. The van der Waals surface area contributed by atoms with Crippen LogP contribution in [0.4, 0.5) is 0 Å². The molecule has 1 aromatic carbocycles. The number of nitrogens with one attached hydrogen (secondary N) is 1. The normalized spacial score (nSPS) is 13.5. The van der Waals surface area contributed by atoms with Crippen molar-refractivity contribution >= 4 is 0 Å². The molecule has 0 spiro atoms. The maximum Gasteiger partial charge on any atom is 0.124 e. The summed E-state index contributed by atoms with van der Waals surface area (Å²) in [6.45, 7) is 5.79. The number of ether oxygens (including phenoxy) is 1. The zero-order valence-corrected chi connectivity index (χ0v) is 10.8. The average Bonchev–Trinajstić information content (AvgIpc) is 2.28. The summed E-state index contributed by atoms with van der Waals surface area (Å²) in [6.07, 6.45) is 0. The number of phenols is 1. The minimum absolute atomic E-state index is 0.0360. The van der Waals surface area contributed by atoms with Crippen molar-refractivity contribution in [1.82, 2.24) is 5.32 Å². The molecule has 0 saturated heterocycles. The fourth-order valence-electron chi connectivity index (χ4n) is 1.73. The molecule has 1 atom stereocenters. The summed E-state index contributed by atoms with van der Waals surface area (Å²) in [6, 6.07) is 5.15. The van der Waals surface area contributed by atoms with Gasteiger partial charge in [-0.3, -0.25) is 0 Å². The summed E-state index contributed by atoms with van der Waals surface area (Å²) in [7, 11) is 1.56. The fourth-order valence-corrected chi connectivity index (χ4v) is 1.73. The van der Waals surface area contributed by atoms with Crippen LogP contribution in [0.5, 0.6) is 11.5 Å². The molecule has 0 amide bonds. The number of aliphatic hydroxyl groups is 1. The number of hydrogen-bond donors (Lipinski definition) is 3. The number of aliphatic hydroxyl groups excluding tert-OH is 1. The van der Waals surface area contributed by atoms with Crippen molar-refractivity contribution in [3.05, 3.63) is 23.8 Å². The van der Waals surface area contributed by atoms with E-state index in [2.05, 4.69) is 5.32 Å². The van der Waals surface area contributed by atoms with E-state index in [1.807, 2.05) is 26.8 Å². The van der Waals surface area contributed by atoms with Crippen molar-refractivity contribution in [1.29, 1.82) is 0 Å². The summed E-state index contributed by atoms with van der Waals surface area (Å²) < 4.78 is 5.03. The van der Waals surface area contributed by atoms with Crippen LogP contribution in [0, 0.1) is 0 Å². The Kier molecular flexibility index (Phi) is 4.37. The van der Waals surface area contributed by atoms with Crippen LogP contribution in [0.1, 0.15) is 32.4 Å². The lowest BCUT2D eigenvalue weighted by atomic mass is 10.0. The van der Waals surface area contributed by atoms with Crippen molar-refractivity contribution in [3.63, 3.8) is 0 Å². The van der Waals surface area contributed by atoms with E-state index in [9.17, 15) is 10.2 Å². The summed E-state index contributed by atoms with van der Waals surface area (Å²) in [5.74, 6) is 0.818. The van der Waals surface area contributed by atoms with E-state index in [-0.39, 0.29) is 23.9 Å². The van der Waals surface area contributed by atoms with Gasteiger partial charge in [-0.15, -0.1) is 0 Å². The van der Waals surface area contributed by atoms with E-state index in [0.717, 1.165) is 5.56 Å². The van der Waals surface area contributed by atoms with Crippen molar-refractivity contribution in [2.24, 2.45) is 0 Å². The van der Waals surface area contributed by atoms with Gasteiger partial charge in [-0.25, -0.2) is 0 Å². The van der Waals surface area contributed by atoms with Crippen molar-refractivity contribution < 1.29 is 14.9 Å². The second-order valence-electron chi connectivity index (χ2n) is 4.83. The largest absolute Gasteiger partial charge is 0.507 e. The van der Waals surface area contributed by atoms with Gasteiger partial charge in [0.1, 0.15) is 11.5 Å². The molecule has 4 heteroatoms. The van der Waals surface area contributed by atoms with Gasteiger partial charge in [0.05, 0.1) is 13.7 Å². The quantitative estimate of drug-likeness (QED) is 0.733. The highest BCUT2D eigenvalue weighted by Gasteiger charge is 2.21. The lowest BCUT2D eigenvalue weighted by Gasteiger charge is -2.28. The number of benzene rings is 1.